The molecule has 0 atom stereocenters. The summed E-state index contributed by atoms with van der Waals surface area (Å²) in [5.41, 5.74) is 0.314. The molecule has 0 radical (unpaired) electrons. The standard InChI is InChI=1S/C14H8BrCl2FO2/c15-11-4-2-9(6-13(11)18)20-7-14(19)10-3-1-8(16)5-12(10)17/h1-6H,7H2. The van der Waals surface area contributed by atoms with E-state index in [0.29, 0.717) is 15.1 Å². The summed E-state index contributed by atoms with van der Waals surface area (Å²) in [6.45, 7) is -0.234. The molecule has 0 fully saturated rings. The second-order valence-electron chi connectivity index (χ2n) is 3.91. The maximum Gasteiger partial charge on any atom is 0.201 e. The second kappa shape index (κ2) is 6.57. The van der Waals surface area contributed by atoms with Crippen LogP contribution in [0.2, 0.25) is 10.0 Å². The molecule has 0 aromatic heterocycles. The van der Waals surface area contributed by atoms with E-state index in [9.17, 15) is 9.18 Å². The van der Waals surface area contributed by atoms with Gasteiger partial charge in [0, 0.05) is 16.7 Å². The van der Waals surface area contributed by atoms with Crippen LogP contribution in [0, 0.1) is 5.82 Å². The van der Waals surface area contributed by atoms with Crippen LogP contribution in [0.3, 0.4) is 0 Å². The Balaban J connectivity index is 2.06. The summed E-state index contributed by atoms with van der Waals surface area (Å²) in [6, 6.07) is 8.84. The zero-order chi connectivity index (χ0) is 14.7. The third-order valence-electron chi connectivity index (χ3n) is 2.49. The number of ketones is 1. The van der Waals surface area contributed by atoms with E-state index in [1.807, 2.05) is 0 Å². The van der Waals surface area contributed by atoms with Crippen LogP contribution in [0.15, 0.2) is 40.9 Å². The van der Waals surface area contributed by atoms with Crippen molar-refractivity contribution in [2.75, 3.05) is 6.61 Å². The van der Waals surface area contributed by atoms with Crippen LogP contribution in [-0.2, 0) is 0 Å². The monoisotopic (exact) mass is 376 g/mol. The Bertz CT molecular complexity index is 662. The van der Waals surface area contributed by atoms with Gasteiger partial charge in [0.05, 0.1) is 9.50 Å². The molecule has 0 saturated heterocycles. The first-order valence-electron chi connectivity index (χ1n) is 5.53. The SMILES string of the molecule is O=C(COc1ccc(Br)c(F)c1)c1ccc(Cl)cc1Cl. The van der Waals surface area contributed by atoms with Gasteiger partial charge in [-0.1, -0.05) is 23.2 Å². The van der Waals surface area contributed by atoms with E-state index >= 15 is 0 Å². The maximum absolute atomic E-state index is 13.3. The maximum atomic E-state index is 13.3. The fourth-order valence-electron chi connectivity index (χ4n) is 1.51. The lowest BCUT2D eigenvalue weighted by atomic mass is 10.1. The van der Waals surface area contributed by atoms with E-state index in [1.165, 1.54) is 24.3 Å². The van der Waals surface area contributed by atoms with Crippen molar-refractivity contribution in [1.82, 2.24) is 0 Å². The van der Waals surface area contributed by atoms with Crippen LogP contribution < -0.4 is 4.74 Å². The molecule has 104 valence electrons. The van der Waals surface area contributed by atoms with Crippen LogP contribution in [-0.4, -0.2) is 12.4 Å². The number of benzene rings is 2. The highest BCUT2D eigenvalue weighted by molar-refractivity contribution is 9.10. The largest absolute Gasteiger partial charge is 0.485 e. The Morgan fingerprint density at radius 2 is 1.95 bits per heavy atom. The summed E-state index contributed by atoms with van der Waals surface area (Å²) < 4.78 is 18.9. The highest BCUT2D eigenvalue weighted by atomic mass is 79.9. The Morgan fingerprint density at radius 1 is 1.20 bits per heavy atom. The Morgan fingerprint density at radius 3 is 2.60 bits per heavy atom. The molecular formula is C14H8BrCl2FO2. The highest BCUT2D eigenvalue weighted by Gasteiger charge is 2.12. The molecule has 0 saturated carbocycles. The smallest absolute Gasteiger partial charge is 0.201 e. The molecule has 0 bridgehead atoms. The molecule has 2 nitrogen and oxygen atoms in total. The summed E-state index contributed by atoms with van der Waals surface area (Å²) in [4.78, 5) is 11.9. The fraction of sp³-hybridized carbons (Fsp3) is 0.0714. The molecule has 0 aliphatic heterocycles. The zero-order valence-electron chi connectivity index (χ0n) is 10.00. The van der Waals surface area contributed by atoms with Gasteiger partial charge in [-0.05, 0) is 46.3 Å². The molecule has 0 heterocycles. The lowest BCUT2D eigenvalue weighted by molar-refractivity contribution is 0.0921. The minimum absolute atomic E-state index is 0.234. The number of hydrogen-bond donors (Lipinski definition) is 0. The van der Waals surface area contributed by atoms with Gasteiger partial charge in [-0.25, -0.2) is 4.39 Å². The van der Waals surface area contributed by atoms with Crippen LogP contribution in [0.25, 0.3) is 0 Å². The third kappa shape index (κ3) is 3.72. The lowest BCUT2D eigenvalue weighted by Crippen LogP contribution is -2.12. The topological polar surface area (TPSA) is 26.3 Å². The van der Waals surface area contributed by atoms with Crippen molar-refractivity contribution in [3.63, 3.8) is 0 Å². The lowest BCUT2D eigenvalue weighted by Gasteiger charge is -2.07. The van der Waals surface area contributed by atoms with Crippen molar-refractivity contribution in [3.8, 4) is 5.75 Å². The van der Waals surface area contributed by atoms with Crippen molar-refractivity contribution in [2.45, 2.75) is 0 Å². The summed E-state index contributed by atoms with van der Waals surface area (Å²) in [6.07, 6.45) is 0. The van der Waals surface area contributed by atoms with Crippen LogP contribution in [0.1, 0.15) is 10.4 Å². The highest BCUT2D eigenvalue weighted by Crippen LogP contribution is 2.23. The van der Waals surface area contributed by atoms with E-state index < -0.39 is 5.82 Å². The minimum atomic E-state index is -0.459. The first kappa shape index (κ1) is 15.3. The first-order valence-corrected chi connectivity index (χ1v) is 7.08. The van der Waals surface area contributed by atoms with Crippen molar-refractivity contribution in [3.05, 3.63) is 62.3 Å². The molecule has 0 spiro atoms. The molecule has 0 amide bonds. The number of rotatable bonds is 4. The average molecular weight is 378 g/mol. The number of Topliss-reactive ketones (excluding diaryl/α,β-unsaturated/α-hetero) is 1. The summed E-state index contributed by atoms with van der Waals surface area (Å²) in [7, 11) is 0. The summed E-state index contributed by atoms with van der Waals surface area (Å²) >= 11 is 14.7. The van der Waals surface area contributed by atoms with Gasteiger partial charge in [-0.3, -0.25) is 4.79 Å². The molecular weight excluding hydrogens is 370 g/mol. The van der Waals surface area contributed by atoms with Crippen LogP contribution >= 0.6 is 39.1 Å². The summed E-state index contributed by atoms with van der Waals surface area (Å²) in [5.74, 6) is -0.501. The van der Waals surface area contributed by atoms with Gasteiger partial charge in [-0.2, -0.15) is 0 Å². The fourth-order valence-corrected chi connectivity index (χ4v) is 2.27. The van der Waals surface area contributed by atoms with Gasteiger partial charge >= 0.3 is 0 Å². The predicted molar refractivity (Wildman–Crippen MR) is 80.4 cm³/mol. The van der Waals surface area contributed by atoms with E-state index in [-0.39, 0.29) is 23.2 Å². The Hall–Kier alpha value is -1.10. The van der Waals surface area contributed by atoms with Crippen molar-refractivity contribution < 1.29 is 13.9 Å². The number of ether oxygens (including phenoxy) is 1. The normalized spacial score (nSPS) is 10.4. The quantitative estimate of drug-likeness (QED) is 0.688. The molecule has 2 aromatic rings. The van der Waals surface area contributed by atoms with Crippen molar-refractivity contribution >= 4 is 44.9 Å². The molecule has 20 heavy (non-hydrogen) atoms. The van der Waals surface area contributed by atoms with E-state index in [4.69, 9.17) is 27.9 Å². The van der Waals surface area contributed by atoms with E-state index in [2.05, 4.69) is 15.9 Å². The average Bonchev–Trinajstić information content (AvgIpc) is 2.40. The van der Waals surface area contributed by atoms with Gasteiger partial charge in [0.2, 0.25) is 5.78 Å². The molecule has 0 N–H and O–H groups in total. The minimum Gasteiger partial charge on any atom is -0.485 e. The van der Waals surface area contributed by atoms with E-state index in [0.717, 1.165) is 0 Å². The summed E-state index contributed by atoms with van der Waals surface area (Å²) in [5, 5.41) is 0.704. The van der Waals surface area contributed by atoms with Gasteiger partial charge < -0.3 is 4.74 Å². The molecule has 2 rings (SSSR count). The Kier molecular flexibility index (Phi) is 5.02. The van der Waals surface area contributed by atoms with Gasteiger partial charge in [-0.15, -0.1) is 0 Å². The zero-order valence-corrected chi connectivity index (χ0v) is 13.1. The Labute approximate surface area is 133 Å². The van der Waals surface area contributed by atoms with Gasteiger partial charge in [0.15, 0.2) is 6.61 Å². The van der Waals surface area contributed by atoms with Gasteiger partial charge in [0.25, 0.3) is 0 Å². The molecule has 0 unspecified atom stereocenters. The number of carbonyl (C=O) groups excluding carboxylic acids is 1. The molecule has 6 heteroatoms. The number of hydrogen-bond acceptors (Lipinski definition) is 2. The van der Waals surface area contributed by atoms with Crippen LogP contribution in [0.4, 0.5) is 4.39 Å². The van der Waals surface area contributed by atoms with Crippen LogP contribution in [0.5, 0.6) is 5.75 Å². The molecule has 0 aliphatic rings. The molecule has 2 aromatic carbocycles. The molecule has 0 aliphatic carbocycles. The first-order chi connectivity index (χ1) is 9.47. The second-order valence-corrected chi connectivity index (χ2v) is 5.61. The number of carbonyl (C=O) groups is 1. The number of halogens is 4. The van der Waals surface area contributed by atoms with Crippen molar-refractivity contribution in [2.24, 2.45) is 0 Å². The predicted octanol–water partition coefficient (Wildman–Crippen LogP) is 5.16. The van der Waals surface area contributed by atoms with E-state index in [1.54, 1.807) is 12.1 Å². The third-order valence-corrected chi connectivity index (χ3v) is 3.68. The van der Waals surface area contributed by atoms with Crippen molar-refractivity contribution in [1.29, 1.82) is 0 Å². The van der Waals surface area contributed by atoms with Gasteiger partial charge in [0.1, 0.15) is 11.6 Å².